The standard InChI is InChI=1S/C21H31N3O.HI/c1-2-22-20(23-16-21(12-13-21)17-8-9-17)24-14-10-19(11-15-24)25-18-6-4-3-5-7-18;/h3-7,17,19H,2,8-16H2,1H3,(H,22,23);1H. The molecule has 3 aliphatic rings. The minimum atomic E-state index is 0. The van der Waals surface area contributed by atoms with Crippen molar-refractivity contribution in [1.29, 1.82) is 0 Å². The molecule has 1 aliphatic heterocycles. The van der Waals surface area contributed by atoms with Gasteiger partial charge >= 0.3 is 0 Å². The first-order chi connectivity index (χ1) is 12.3. The molecule has 0 aromatic heterocycles. The third kappa shape index (κ3) is 4.84. The molecule has 0 radical (unpaired) electrons. The summed E-state index contributed by atoms with van der Waals surface area (Å²) in [6.07, 6.45) is 8.12. The van der Waals surface area contributed by atoms with Crippen LogP contribution < -0.4 is 10.1 Å². The lowest BCUT2D eigenvalue weighted by Crippen LogP contribution is -2.47. The number of piperidine rings is 1. The zero-order valence-corrected chi connectivity index (χ0v) is 18.2. The Balaban J connectivity index is 0.00000196. The van der Waals surface area contributed by atoms with Crippen LogP contribution in [0.25, 0.3) is 0 Å². The lowest BCUT2D eigenvalue weighted by Gasteiger charge is -2.34. The number of rotatable bonds is 6. The predicted molar refractivity (Wildman–Crippen MR) is 117 cm³/mol. The fourth-order valence-corrected chi connectivity index (χ4v) is 4.09. The number of hydrogen-bond donors (Lipinski definition) is 1. The normalized spacial score (nSPS) is 22.5. The van der Waals surface area contributed by atoms with Crippen LogP contribution >= 0.6 is 24.0 Å². The van der Waals surface area contributed by atoms with Crippen LogP contribution in [0.4, 0.5) is 0 Å². The maximum atomic E-state index is 6.12. The molecule has 1 heterocycles. The number of benzene rings is 1. The Morgan fingerprint density at radius 1 is 1.15 bits per heavy atom. The van der Waals surface area contributed by atoms with E-state index in [4.69, 9.17) is 9.73 Å². The van der Waals surface area contributed by atoms with E-state index in [1.54, 1.807) is 0 Å². The maximum absolute atomic E-state index is 6.12. The SMILES string of the molecule is CCNC(=NCC1(C2CC2)CC1)N1CCC(Oc2ccccc2)CC1.I. The molecule has 3 fully saturated rings. The van der Waals surface area contributed by atoms with Gasteiger partial charge in [-0.05, 0) is 56.1 Å². The van der Waals surface area contributed by atoms with Crippen molar-refractivity contribution in [2.45, 2.75) is 51.6 Å². The molecule has 1 aromatic rings. The summed E-state index contributed by atoms with van der Waals surface area (Å²) in [5.41, 5.74) is 0.579. The Hall–Kier alpha value is -0.980. The van der Waals surface area contributed by atoms with E-state index >= 15 is 0 Å². The molecule has 5 heteroatoms. The highest BCUT2D eigenvalue weighted by molar-refractivity contribution is 14.0. The lowest BCUT2D eigenvalue weighted by molar-refractivity contribution is 0.129. The molecule has 4 nitrogen and oxygen atoms in total. The highest BCUT2D eigenvalue weighted by atomic mass is 127. The Labute approximate surface area is 174 Å². The first kappa shape index (κ1) is 19.8. The topological polar surface area (TPSA) is 36.9 Å². The molecule has 2 saturated carbocycles. The van der Waals surface area contributed by atoms with Gasteiger partial charge in [-0.3, -0.25) is 4.99 Å². The number of ether oxygens (including phenoxy) is 1. The predicted octanol–water partition coefficient (Wildman–Crippen LogP) is 4.30. The van der Waals surface area contributed by atoms with Crippen molar-refractivity contribution < 1.29 is 4.74 Å². The van der Waals surface area contributed by atoms with E-state index in [-0.39, 0.29) is 24.0 Å². The zero-order valence-electron chi connectivity index (χ0n) is 15.8. The van der Waals surface area contributed by atoms with E-state index in [9.17, 15) is 0 Å². The summed E-state index contributed by atoms with van der Waals surface area (Å²) in [5.74, 6) is 3.08. The number of guanidine groups is 1. The van der Waals surface area contributed by atoms with Crippen molar-refractivity contribution >= 4 is 29.9 Å². The van der Waals surface area contributed by atoms with Gasteiger partial charge in [0.05, 0.1) is 0 Å². The zero-order chi connectivity index (χ0) is 17.1. The van der Waals surface area contributed by atoms with Crippen LogP contribution in [0.2, 0.25) is 0 Å². The van der Waals surface area contributed by atoms with E-state index in [2.05, 4.69) is 17.1 Å². The van der Waals surface area contributed by atoms with Crippen LogP contribution in [0.3, 0.4) is 0 Å². The molecule has 4 rings (SSSR count). The highest BCUT2D eigenvalue weighted by Gasteiger charge is 2.53. The molecule has 1 saturated heterocycles. The molecule has 0 bridgehead atoms. The average molecular weight is 469 g/mol. The second-order valence-corrected chi connectivity index (χ2v) is 7.92. The highest BCUT2D eigenvalue weighted by Crippen LogP contribution is 2.61. The number of nitrogens with zero attached hydrogens (tertiary/aromatic N) is 2. The minimum Gasteiger partial charge on any atom is -0.490 e. The monoisotopic (exact) mass is 469 g/mol. The summed E-state index contributed by atoms with van der Waals surface area (Å²) >= 11 is 0. The molecule has 0 spiro atoms. The third-order valence-electron chi connectivity index (χ3n) is 6.00. The van der Waals surface area contributed by atoms with Crippen molar-refractivity contribution in [3.63, 3.8) is 0 Å². The molecule has 0 atom stereocenters. The van der Waals surface area contributed by atoms with Gasteiger partial charge in [0.25, 0.3) is 0 Å². The smallest absolute Gasteiger partial charge is 0.193 e. The second kappa shape index (κ2) is 8.81. The van der Waals surface area contributed by atoms with Crippen molar-refractivity contribution in [2.24, 2.45) is 16.3 Å². The fourth-order valence-electron chi connectivity index (χ4n) is 4.09. The lowest BCUT2D eigenvalue weighted by atomic mass is 10.0. The van der Waals surface area contributed by atoms with Gasteiger partial charge in [-0.25, -0.2) is 0 Å². The van der Waals surface area contributed by atoms with Crippen LogP contribution in [0.15, 0.2) is 35.3 Å². The van der Waals surface area contributed by atoms with Crippen LogP contribution in [0.1, 0.15) is 45.4 Å². The molecule has 0 unspecified atom stereocenters. The summed E-state index contributed by atoms with van der Waals surface area (Å²) < 4.78 is 6.12. The Morgan fingerprint density at radius 2 is 1.85 bits per heavy atom. The van der Waals surface area contributed by atoms with Crippen molar-refractivity contribution in [2.75, 3.05) is 26.2 Å². The second-order valence-electron chi connectivity index (χ2n) is 7.92. The summed E-state index contributed by atoms with van der Waals surface area (Å²) in [4.78, 5) is 7.46. The molecule has 1 N–H and O–H groups in total. The van der Waals surface area contributed by atoms with Gasteiger partial charge in [-0.2, -0.15) is 0 Å². The van der Waals surface area contributed by atoms with Crippen LogP contribution in [-0.2, 0) is 0 Å². The van der Waals surface area contributed by atoms with Gasteiger partial charge in [0.1, 0.15) is 11.9 Å². The van der Waals surface area contributed by atoms with Gasteiger partial charge in [0.15, 0.2) is 5.96 Å². The van der Waals surface area contributed by atoms with Crippen molar-refractivity contribution in [3.8, 4) is 5.75 Å². The number of aliphatic imine (C=N–C) groups is 1. The van der Waals surface area contributed by atoms with Gasteiger partial charge in [0, 0.05) is 39.0 Å². The van der Waals surface area contributed by atoms with E-state index in [1.165, 1.54) is 25.7 Å². The molecule has 2 aliphatic carbocycles. The van der Waals surface area contributed by atoms with Gasteiger partial charge in [-0.15, -0.1) is 24.0 Å². The molecule has 0 amide bonds. The van der Waals surface area contributed by atoms with Crippen molar-refractivity contribution in [1.82, 2.24) is 10.2 Å². The first-order valence-corrected chi connectivity index (χ1v) is 10.0. The summed E-state index contributed by atoms with van der Waals surface area (Å²) in [5, 5.41) is 3.51. The molecule has 26 heavy (non-hydrogen) atoms. The van der Waals surface area contributed by atoms with Gasteiger partial charge < -0.3 is 15.0 Å². The number of hydrogen-bond acceptors (Lipinski definition) is 2. The minimum absolute atomic E-state index is 0. The molecule has 1 aromatic carbocycles. The van der Waals surface area contributed by atoms with Crippen LogP contribution in [0, 0.1) is 11.3 Å². The van der Waals surface area contributed by atoms with E-state index in [0.717, 1.165) is 56.6 Å². The summed E-state index contributed by atoms with van der Waals surface area (Å²) in [6.45, 7) is 6.18. The molecular weight excluding hydrogens is 437 g/mol. The maximum Gasteiger partial charge on any atom is 0.193 e. The Morgan fingerprint density at radius 3 is 2.42 bits per heavy atom. The average Bonchev–Trinajstić information content (AvgIpc) is 3.54. The Bertz CT molecular complexity index is 591. The summed E-state index contributed by atoms with van der Waals surface area (Å²) in [6, 6.07) is 10.2. The molecule has 144 valence electrons. The third-order valence-corrected chi connectivity index (χ3v) is 6.00. The van der Waals surface area contributed by atoms with E-state index < -0.39 is 0 Å². The van der Waals surface area contributed by atoms with Crippen LogP contribution in [0.5, 0.6) is 5.75 Å². The first-order valence-electron chi connectivity index (χ1n) is 10.0. The number of para-hydroxylation sites is 1. The van der Waals surface area contributed by atoms with Gasteiger partial charge in [-0.1, -0.05) is 18.2 Å². The fraction of sp³-hybridized carbons (Fsp3) is 0.667. The largest absolute Gasteiger partial charge is 0.490 e. The van der Waals surface area contributed by atoms with E-state index in [0.29, 0.717) is 11.5 Å². The summed E-state index contributed by atoms with van der Waals surface area (Å²) in [7, 11) is 0. The van der Waals surface area contributed by atoms with E-state index in [1.807, 2.05) is 30.3 Å². The number of halogens is 1. The number of nitrogens with one attached hydrogen (secondary N) is 1. The van der Waals surface area contributed by atoms with Crippen LogP contribution in [-0.4, -0.2) is 43.1 Å². The quantitative estimate of drug-likeness (QED) is 0.384. The Kier molecular flexibility index (Phi) is 6.70. The van der Waals surface area contributed by atoms with Gasteiger partial charge in [0.2, 0.25) is 0 Å². The number of likely N-dealkylation sites (tertiary alicyclic amines) is 1. The molecular formula is C21H32IN3O. The van der Waals surface area contributed by atoms with Crippen molar-refractivity contribution in [3.05, 3.63) is 30.3 Å².